The molecule has 0 aliphatic rings. The van der Waals surface area contributed by atoms with Gasteiger partial charge in [-0.2, -0.15) is 0 Å². The number of carbonyl (C=O) groups excluding carboxylic acids is 3. The Morgan fingerprint density at radius 1 is 0.737 bits per heavy atom. The number of phosphoric acid groups is 1. The molecule has 0 radical (unpaired) electrons. The van der Waals surface area contributed by atoms with Gasteiger partial charge in [0.05, 0.1) is 14.4 Å². The quantitative estimate of drug-likeness (QED) is 0.0578. The number of thioether (sulfide) groups is 1. The van der Waals surface area contributed by atoms with Gasteiger partial charge in [0.15, 0.2) is 11.2 Å². The van der Waals surface area contributed by atoms with Crippen LogP contribution >= 0.6 is 19.6 Å². The monoisotopic (exact) mass is 598 g/mol. The van der Waals surface area contributed by atoms with Crippen LogP contribution in [0.25, 0.3) is 0 Å². The van der Waals surface area contributed by atoms with Crippen LogP contribution < -0.4 is 68.9 Å². The Bertz CT molecular complexity index is 650. The summed E-state index contributed by atoms with van der Waals surface area (Å²) in [6, 6.07) is 0. The van der Waals surface area contributed by atoms with Gasteiger partial charge in [0, 0.05) is 25.5 Å². The molecule has 0 N–H and O–H groups in total. The van der Waals surface area contributed by atoms with Gasteiger partial charge in [-0.15, -0.1) is 0 Å². The van der Waals surface area contributed by atoms with Crippen molar-refractivity contribution in [1.82, 2.24) is 0 Å². The molecule has 0 aliphatic heterocycles. The third kappa shape index (κ3) is 33.3. The molecule has 0 saturated carbocycles. The Balaban J connectivity index is -0.00000612. The van der Waals surface area contributed by atoms with Crippen molar-refractivity contribution in [2.24, 2.45) is 0 Å². The number of carbonyl (C=O) groups is 3. The number of rotatable bonds is 24. The average molecular weight is 599 g/mol. The van der Waals surface area contributed by atoms with E-state index in [1.807, 2.05) is 0 Å². The SMILES string of the molecule is CCCCCCCCCCC(=O)O[C@@H](COC(=O)CCCCCCCCSC(C)=O)COP(=O)([O-])[O-].[Na+].[Na+]. The van der Waals surface area contributed by atoms with Crippen LogP contribution in [0.3, 0.4) is 0 Å². The maximum atomic E-state index is 12.1. The van der Waals surface area contributed by atoms with Crippen LogP contribution in [0.1, 0.15) is 117 Å². The maximum Gasteiger partial charge on any atom is 1.00 e. The number of hydrogen-bond donors (Lipinski definition) is 0. The maximum absolute atomic E-state index is 12.1. The topological polar surface area (TPSA) is 142 Å². The van der Waals surface area contributed by atoms with E-state index in [9.17, 15) is 28.7 Å². The van der Waals surface area contributed by atoms with Gasteiger partial charge >= 0.3 is 71.1 Å². The number of unbranched alkanes of at least 4 members (excludes halogenated alkanes) is 12. The average Bonchev–Trinajstić information content (AvgIpc) is 2.80. The molecule has 212 valence electrons. The van der Waals surface area contributed by atoms with Crippen molar-refractivity contribution in [2.75, 3.05) is 19.0 Å². The molecule has 0 spiro atoms. The Morgan fingerprint density at radius 3 is 1.71 bits per heavy atom. The van der Waals surface area contributed by atoms with Crippen LogP contribution in [0.15, 0.2) is 0 Å². The first kappa shape index (κ1) is 43.5. The van der Waals surface area contributed by atoms with Crippen LogP contribution in [0.2, 0.25) is 0 Å². The second-order valence-corrected chi connectivity index (χ2v) is 11.4. The molecular weight excluding hydrogens is 553 g/mol. The first-order valence-corrected chi connectivity index (χ1v) is 15.7. The van der Waals surface area contributed by atoms with Crippen molar-refractivity contribution in [1.29, 1.82) is 0 Å². The summed E-state index contributed by atoms with van der Waals surface area (Å²) >= 11 is 1.34. The fourth-order valence-corrected chi connectivity index (χ4v) is 4.48. The molecule has 0 aromatic heterocycles. The van der Waals surface area contributed by atoms with E-state index in [-0.39, 0.29) is 83.7 Å². The van der Waals surface area contributed by atoms with Gasteiger partial charge < -0.3 is 28.3 Å². The summed E-state index contributed by atoms with van der Waals surface area (Å²) in [6.07, 6.45) is 13.3. The molecule has 0 amide bonds. The smallest absolute Gasteiger partial charge is 0.790 e. The van der Waals surface area contributed by atoms with Crippen molar-refractivity contribution in [3.05, 3.63) is 0 Å². The first-order chi connectivity index (χ1) is 17.1. The largest absolute Gasteiger partial charge is 1.00 e. The number of esters is 2. The molecule has 0 rings (SSSR count). The number of hydrogen-bond acceptors (Lipinski definition) is 10. The van der Waals surface area contributed by atoms with E-state index in [0.717, 1.165) is 57.1 Å². The Labute approximate surface area is 277 Å². The van der Waals surface area contributed by atoms with Gasteiger partial charge in [-0.1, -0.05) is 89.3 Å². The summed E-state index contributed by atoms with van der Waals surface area (Å²) in [5.74, 6) is -0.187. The van der Waals surface area contributed by atoms with Crippen molar-refractivity contribution in [2.45, 2.75) is 123 Å². The molecule has 0 aromatic carbocycles. The van der Waals surface area contributed by atoms with Crippen LogP contribution in [0.5, 0.6) is 0 Å². The number of phosphoric ester groups is 1. The van der Waals surface area contributed by atoms with E-state index in [4.69, 9.17) is 9.47 Å². The second-order valence-electron chi connectivity index (χ2n) is 8.97. The molecule has 38 heavy (non-hydrogen) atoms. The molecular formula is C25H45Na2O9PS. The zero-order chi connectivity index (χ0) is 27.1. The second kappa shape index (κ2) is 29.6. The van der Waals surface area contributed by atoms with Gasteiger partial charge in [-0.25, -0.2) is 0 Å². The van der Waals surface area contributed by atoms with Gasteiger partial charge in [-0.05, 0) is 19.3 Å². The fourth-order valence-electron chi connectivity index (χ4n) is 3.49. The third-order valence-electron chi connectivity index (χ3n) is 5.46. The minimum Gasteiger partial charge on any atom is -0.790 e. The van der Waals surface area contributed by atoms with Crippen LogP contribution in [0.4, 0.5) is 0 Å². The summed E-state index contributed by atoms with van der Waals surface area (Å²) in [7, 11) is -5.24. The Morgan fingerprint density at radius 2 is 1.21 bits per heavy atom. The molecule has 0 bridgehead atoms. The summed E-state index contributed by atoms with van der Waals surface area (Å²) < 4.78 is 25.4. The predicted octanol–water partition coefficient (Wildman–Crippen LogP) is -1.16. The minimum atomic E-state index is -5.24. The van der Waals surface area contributed by atoms with E-state index in [1.165, 1.54) is 37.4 Å². The minimum absolute atomic E-state index is 0. The molecule has 0 unspecified atom stereocenters. The molecule has 9 nitrogen and oxygen atoms in total. The summed E-state index contributed by atoms with van der Waals surface area (Å²) in [6.45, 7) is 2.69. The zero-order valence-electron chi connectivity index (χ0n) is 24.0. The van der Waals surface area contributed by atoms with Crippen LogP contribution in [-0.2, 0) is 32.9 Å². The van der Waals surface area contributed by atoms with E-state index < -0.39 is 32.5 Å². The fraction of sp³-hybridized carbons (Fsp3) is 0.880. The van der Waals surface area contributed by atoms with Crippen molar-refractivity contribution in [3.63, 3.8) is 0 Å². The zero-order valence-corrected chi connectivity index (χ0v) is 29.8. The van der Waals surface area contributed by atoms with E-state index in [0.29, 0.717) is 12.8 Å². The van der Waals surface area contributed by atoms with Gasteiger partial charge in [0.25, 0.3) is 0 Å². The predicted molar refractivity (Wildman–Crippen MR) is 137 cm³/mol. The molecule has 13 heteroatoms. The van der Waals surface area contributed by atoms with Crippen molar-refractivity contribution in [3.8, 4) is 0 Å². The summed E-state index contributed by atoms with van der Waals surface area (Å²) in [5.41, 5.74) is 0. The Kier molecular flexibility index (Phi) is 33.9. The first-order valence-electron chi connectivity index (χ1n) is 13.3. The molecule has 0 fully saturated rings. The summed E-state index contributed by atoms with van der Waals surface area (Å²) in [5, 5.41) is 0.135. The molecule has 0 aromatic rings. The van der Waals surface area contributed by atoms with Gasteiger partial charge in [0.2, 0.25) is 0 Å². The molecule has 0 heterocycles. The third-order valence-corrected chi connectivity index (χ3v) is 6.83. The van der Waals surface area contributed by atoms with E-state index in [2.05, 4.69) is 11.4 Å². The molecule has 0 saturated heterocycles. The van der Waals surface area contributed by atoms with E-state index in [1.54, 1.807) is 6.92 Å². The Hall–Kier alpha value is 1.07. The standard InChI is InChI=1S/C25H47O9PS.2Na/c1-3-4-5-6-7-8-12-15-18-25(28)34-23(21-33-35(29,30)31)20-32-24(27)17-14-11-9-10-13-16-19-36-22(2)26;;/h23H,3-21H2,1-2H3,(H2,29,30,31);;/q;2*+1/p-2/t23-;;/m0../s1. The van der Waals surface area contributed by atoms with Crippen LogP contribution in [0, 0.1) is 0 Å². The van der Waals surface area contributed by atoms with Gasteiger partial charge in [0.1, 0.15) is 6.61 Å². The summed E-state index contributed by atoms with van der Waals surface area (Å²) in [4.78, 5) is 56.6. The normalized spacial score (nSPS) is 11.7. The van der Waals surface area contributed by atoms with Crippen molar-refractivity contribution >= 4 is 36.6 Å². The molecule has 1 atom stereocenters. The van der Waals surface area contributed by atoms with Crippen molar-refractivity contribution < 1.29 is 102 Å². The number of ether oxygens (including phenoxy) is 2. The van der Waals surface area contributed by atoms with Gasteiger partial charge in [-0.3, -0.25) is 14.4 Å². The van der Waals surface area contributed by atoms with E-state index >= 15 is 0 Å². The molecule has 0 aliphatic carbocycles. The van der Waals surface area contributed by atoms with Crippen LogP contribution in [-0.4, -0.2) is 42.1 Å².